The molecule has 0 aromatic heterocycles. The number of rotatable bonds is 4. The van der Waals surface area contributed by atoms with Crippen molar-refractivity contribution in [1.82, 2.24) is 0 Å². The Balaban J connectivity index is 2.30. The molecule has 0 aliphatic rings. The van der Waals surface area contributed by atoms with Crippen LogP contribution in [0.15, 0.2) is 42.5 Å². The highest BCUT2D eigenvalue weighted by molar-refractivity contribution is 6.34. The highest BCUT2D eigenvalue weighted by Gasteiger charge is 2.22. The van der Waals surface area contributed by atoms with Crippen molar-refractivity contribution >= 4 is 34.8 Å². The number of amides is 2. The van der Waals surface area contributed by atoms with Crippen molar-refractivity contribution in [2.75, 3.05) is 23.4 Å². The number of carbonyl (C=O) groups is 2. The van der Waals surface area contributed by atoms with Crippen LogP contribution in [0.25, 0.3) is 0 Å². The van der Waals surface area contributed by atoms with Gasteiger partial charge in [0.05, 0.1) is 10.7 Å². The second-order valence-electron chi connectivity index (χ2n) is 5.81. The molecule has 5 heteroatoms. The van der Waals surface area contributed by atoms with Crippen LogP contribution in [-0.4, -0.2) is 25.4 Å². The molecule has 0 radical (unpaired) electrons. The highest BCUT2D eigenvalue weighted by Crippen LogP contribution is 2.31. The third kappa shape index (κ3) is 3.95. The molecular weight excluding hydrogens is 324 g/mol. The van der Waals surface area contributed by atoms with E-state index in [0.29, 0.717) is 10.7 Å². The number of benzene rings is 2. The predicted octanol–water partition coefficient (Wildman–Crippen LogP) is 3.97. The number of likely N-dealkylation sites (N-methyl/N-ethyl adjacent to an activating group) is 1. The normalized spacial score (nSPS) is 10.4. The van der Waals surface area contributed by atoms with Crippen LogP contribution in [0.2, 0.25) is 5.02 Å². The molecule has 126 valence electrons. The van der Waals surface area contributed by atoms with E-state index in [1.165, 1.54) is 16.7 Å². The molecule has 0 atom stereocenters. The number of anilines is 2. The lowest BCUT2D eigenvalue weighted by atomic mass is 10.1. The van der Waals surface area contributed by atoms with Gasteiger partial charge in [0, 0.05) is 19.7 Å². The Morgan fingerprint density at radius 3 is 2.25 bits per heavy atom. The zero-order valence-corrected chi connectivity index (χ0v) is 15.1. The Morgan fingerprint density at radius 1 is 1.08 bits per heavy atom. The largest absolute Gasteiger partial charge is 0.314 e. The van der Waals surface area contributed by atoms with Gasteiger partial charge in [-0.05, 0) is 43.2 Å². The molecule has 0 saturated heterocycles. The Bertz CT molecular complexity index is 736. The molecule has 0 fully saturated rings. The smallest absolute Gasteiger partial charge is 0.246 e. The van der Waals surface area contributed by atoms with Crippen LogP contribution in [0.1, 0.15) is 18.1 Å². The molecule has 0 bridgehead atoms. The van der Waals surface area contributed by atoms with Gasteiger partial charge in [0.25, 0.3) is 0 Å². The SMILES string of the molecule is CC(=O)N(CC(=O)N(C)c1ccccc1)c1c(C)cc(C)cc1Cl. The molecule has 4 nitrogen and oxygen atoms in total. The third-order valence-electron chi connectivity index (χ3n) is 3.86. The zero-order chi connectivity index (χ0) is 17.9. The van der Waals surface area contributed by atoms with E-state index in [1.807, 2.05) is 50.2 Å². The first-order valence-corrected chi connectivity index (χ1v) is 8.05. The Labute approximate surface area is 147 Å². The minimum absolute atomic E-state index is 0.0651. The first-order chi connectivity index (χ1) is 11.3. The van der Waals surface area contributed by atoms with Crippen LogP contribution in [0.3, 0.4) is 0 Å². The maximum atomic E-state index is 12.6. The van der Waals surface area contributed by atoms with Crippen molar-refractivity contribution in [3.8, 4) is 0 Å². The van der Waals surface area contributed by atoms with Crippen molar-refractivity contribution in [3.05, 3.63) is 58.6 Å². The van der Waals surface area contributed by atoms with Crippen molar-refractivity contribution in [3.63, 3.8) is 0 Å². The average Bonchev–Trinajstić information content (AvgIpc) is 2.52. The summed E-state index contributed by atoms with van der Waals surface area (Å²) in [6.07, 6.45) is 0. The summed E-state index contributed by atoms with van der Waals surface area (Å²) in [6, 6.07) is 13.1. The summed E-state index contributed by atoms with van der Waals surface area (Å²) in [4.78, 5) is 27.7. The molecule has 0 aliphatic carbocycles. The second-order valence-corrected chi connectivity index (χ2v) is 6.21. The fourth-order valence-electron chi connectivity index (χ4n) is 2.63. The van der Waals surface area contributed by atoms with Gasteiger partial charge < -0.3 is 9.80 Å². The first-order valence-electron chi connectivity index (χ1n) is 7.67. The standard InChI is InChI=1S/C19H21ClN2O2/c1-13-10-14(2)19(17(20)11-13)22(15(3)23)12-18(24)21(4)16-8-6-5-7-9-16/h5-11H,12H2,1-4H3. The zero-order valence-electron chi connectivity index (χ0n) is 14.3. The average molecular weight is 345 g/mol. The molecule has 0 heterocycles. The molecular formula is C19H21ClN2O2. The monoisotopic (exact) mass is 344 g/mol. The maximum absolute atomic E-state index is 12.6. The van der Waals surface area contributed by atoms with Crippen molar-refractivity contribution in [2.45, 2.75) is 20.8 Å². The van der Waals surface area contributed by atoms with E-state index in [2.05, 4.69) is 0 Å². The lowest BCUT2D eigenvalue weighted by molar-refractivity contribution is -0.121. The van der Waals surface area contributed by atoms with E-state index in [-0.39, 0.29) is 18.4 Å². The quantitative estimate of drug-likeness (QED) is 0.842. The lowest BCUT2D eigenvalue weighted by Crippen LogP contribution is -2.41. The van der Waals surface area contributed by atoms with Gasteiger partial charge in [-0.25, -0.2) is 0 Å². The summed E-state index contributed by atoms with van der Waals surface area (Å²) in [5.41, 5.74) is 3.24. The van der Waals surface area contributed by atoms with Crippen molar-refractivity contribution in [2.24, 2.45) is 0 Å². The van der Waals surface area contributed by atoms with Gasteiger partial charge in [-0.3, -0.25) is 9.59 Å². The van der Waals surface area contributed by atoms with E-state index in [9.17, 15) is 9.59 Å². The summed E-state index contributed by atoms with van der Waals surface area (Å²) in [6.45, 7) is 5.19. The third-order valence-corrected chi connectivity index (χ3v) is 4.15. The van der Waals surface area contributed by atoms with Crippen LogP contribution in [-0.2, 0) is 9.59 Å². The van der Waals surface area contributed by atoms with Crippen LogP contribution < -0.4 is 9.80 Å². The van der Waals surface area contributed by atoms with E-state index >= 15 is 0 Å². The van der Waals surface area contributed by atoms with Crippen LogP contribution in [0, 0.1) is 13.8 Å². The molecule has 0 aliphatic heterocycles. The lowest BCUT2D eigenvalue weighted by Gasteiger charge is -2.26. The van der Waals surface area contributed by atoms with E-state index < -0.39 is 0 Å². The summed E-state index contributed by atoms with van der Waals surface area (Å²) >= 11 is 6.33. The number of aryl methyl sites for hydroxylation is 2. The summed E-state index contributed by atoms with van der Waals surface area (Å²) in [7, 11) is 1.69. The van der Waals surface area contributed by atoms with Gasteiger partial charge in [0.15, 0.2) is 0 Å². The molecule has 0 N–H and O–H groups in total. The Hall–Kier alpha value is -2.33. The number of halogens is 1. The highest BCUT2D eigenvalue weighted by atomic mass is 35.5. The summed E-state index contributed by atoms with van der Waals surface area (Å²) < 4.78 is 0. The number of hydrogen-bond donors (Lipinski definition) is 0. The molecule has 0 saturated carbocycles. The van der Waals surface area contributed by atoms with E-state index in [0.717, 1.165) is 16.8 Å². The Morgan fingerprint density at radius 2 is 1.71 bits per heavy atom. The van der Waals surface area contributed by atoms with Gasteiger partial charge in [-0.1, -0.05) is 35.9 Å². The van der Waals surface area contributed by atoms with E-state index in [4.69, 9.17) is 11.6 Å². The number of para-hydroxylation sites is 1. The van der Waals surface area contributed by atoms with Crippen molar-refractivity contribution in [1.29, 1.82) is 0 Å². The van der Waals surface area contributed by atoms with Gasteiger partial charge in [0.2, 0.25) is 11.8 Å². The number of hydrogen-bond acceptors (Lipinski definition) is 2. The minimum Gasteiger partial charge on any atom is -0.314 e. The van der Waals surface area contributed by atoms with Crippen LogP contribution in [0.4, 0.5) is 11.4 Å². The molecule has 0 spiro atoms. The van der Waals surface area contributed by atoms with Gasteiger partial charge in [-0.2, -0.15) is 0 Å². The minimum atomic E-state index is -0.223. The van der Waals surface area contributed by atoms with Crippen LogP contribution in [0.5, 0.6) is 0 Å². The molecule has 2 aromatic rings. The van der Waals surface area contributed by atoms with Crippen LogP contribution >= 0.6 is 11.6 Å². The topological polar surface area (TPSA) is 40.6 Å². The summed E-state index contributed by atoms with van der Waals surface area (Å²) in [5, 5.41) is 0.470. The molecule has 0 unspecified atom stereocenters. The van der Waals surface area contributed by atoms with Gasteiger partial charge >= 0.3 is 0 Å². The number of carbonyl (C=O) groups excluding carboxylic acids is 2. The fraction of sp³-hybridized carbons (Fsp3) is 0.263. The fourth-order valence-corrected chi connectivity index (χ4v) is 3.06. The van der Waals surface area contributed by atoms with Crippen molar-refractivity contribution < 1.29 is 9.59 Å². The summed E-state index contributed by atoms with van der Waals surface area (Å²) in [5.74, 6) is -0.411. The second kappa shape index (κ2) is 7.49. The first kappa shape index (κ1) is 18.0. The number of nitrogens with zero attached hydrogens (tertiary/aromatic N) is 2. The predicted molar refractivity (Wildman–Crippen MR) is 98.8 cm³/mol. The Kier molecular flexibility index (Phi) is 5.62. The molecule has 2 rings (SSSR count). The van der Waals surface area contributed by atoms with Gasteiger partial charge in [0.1, 0.15) is 6.54 Å². The maximum Gasteiger partial charge on any atom is 0.246 e. The molecule has 2 aromatic carbocycles. The molecule has 24 heavy (non-hydrogen) atoms. The van der Waals surface area contributed by atoms with Gasteiger partial charge in [-0.15, -0.1) is 0 Å². The molecule has 2 amide bonds. The van der Waals surface area contributed by atoms with E-state index in [1.54, 1.807) is 13.1 Å².